The quantitative estimate of drug-likeness (QED) is 0.717. The molecule has 5 rings (SSSR count). The summed E-state index contributed by atoms with van der Waals surface area (Å²) in [5.74, 6) is -0.711. The van der Waals surface area contributed by atoms with Crippen molar-refractivity contribution in [2.45, 2.75) is 70.0 Å². The van der Waals surface area contributed by atoms with Gasteiger partial charge < -0.3 is 10.6 Å². The number of fused-ring (bicyclic) bond motifs is 2. The van der Waals surface area contributed by atoms with Gasteiger partial charge in [0.1, 0.15) is 6.54 Å². The van der Waals surface area contributed by atoms with E-state index < -0.39 is 11.9 Å². The Bertz CT molecular complexity index is 1130. The SMILES string of the molecule is NC(=O)c1nn(CC(=O)N2[C@@H]3C[C@@H]3C[C@H]2C(=O)CCC(F)=C2CCCC2)c2ccccc12. The van der Waals surface area contributed by atoms with Crippen molar-refractivity contribution in [3.63, 3.8) is 0 Å². The van der Waals surface area contributed by atoms with Gasteiger partial charge in [0.25, 0.3) is 5.91 Å². The molecule has 168 valence electrons. The van der Waals surface area contributed by atoms with E-state index in [1.807, 2.05) is 6.07 Å². The molecule has 1 saturated heterocycles. The summed E-state index contributed by atoms with van der Waals surface area (Å²) in [5, 5.41) is 4.87. The molecular weight excluding hydrogens is 411 g/mol. The van der Waals surface area contributed by atoms with E-state index in [9.17, 15) is 18.8 Å². The molecule has 0 bridgehead atoms. The van der Waals surface area contributed by atoms with Gasteiger partial charge in [-0.1, -0.05) is 18.2 Å². The number of carbonyl (C=O) groups is 3. The third-order valence-electron chi connectivity index (χ3n) is 7.12. The maximum atomic E-state index is 14.4. The zero-order valence-corrected chi connectivity index (χ0v) is 17.9. The minimum atomic E-state index is -0.651. The molecule has 0 unspecified atom stereocenters. The van der Waals surface area contributed by atoms with E-state index in [0.717, 1.165) is 37.7 Å². The van der Waals surface area contributed by atoms with Crippen molar-refractivity contribution in [2.24, 2.45) is 11.7 Å². The number of carbonyl (C=O) groups excluding carboxylic acids is 3. The van der Waals surface area contributed by atoms with Crippen LogP contribution in [0, 0.1) is 5.92 Å². The molecule has 7 nitrogen and oxygen atoms in total. The molecule has 3 fully saturated rings. The number of allylic oxidation sites excluding steroid dienone is 2. The molecule has 2 amide bonds. The molecule has 1 aromatic carbocycles. The average Bonchev–Trinajstić information content (AvgIpc) is 3.18. The number of Topliss-reactive ketones (excluding diaryl/α,β-unsaturated/α-hetero) is 1. The molecule has 1 aliphatic heterocycles. The number of ketones is 1. The number of amides is 2. The molecule has 2 heterocycles. The summed E-state index contributed by atoms with van der Waals surface area (Å²) < 4.78 is 15.9. The van der Waals surface area contributed by atoms with Gasteiger partial charge in [0, 0.05) is 24.3 Å². The number of hydrogen-bond acceptors (Lipinski definition) is 4. The number of para-hydroxylation sites is 1. The van der Waals surface area contributed by atoms with Crippen LogP contribution in [0.2, 0.25) is 0 Å². The monoisotopic (exact) mass is 438 g/mol. The van der Waals surface area contributed by atoms with Crippen LogP contribution in [0.3, 0.4) is 0 Å². The molecule has 1 aromatic heterocycles. The summed E-state index contributed by atoms with van der Waals surface area (Å²) in [5.41, 5.74) is 7.08. The first kappa shape index (κ1) is 20.8. The van der Waals surface area contributed by atoms with Crippen molar-refractivity contribution in [3.05, 3.63) is 41.4 Å². The van der Waals surface area contributed by atoms with Crippen molar-refractivity contribution in [1.82, 2.24) is 14.7 Å². The predicted molar refractivity (Wildman–Crippen MR) is 116 cm³/mol. The van der Waals surface area contributed by atoms with Gasteiger partial charge in [0.2, 0.25) is 5.91 Å². The zero-order valence-electron chi connectivity index (χ0n) is 17.9. The fourth-order valence-electron chi connectivity index (χ4n) is 5.39. The summed E-state index contributed by atoms with van der Waals surface area (Å²) in [6.45, 7) is -0.0702. The zero-order chi connectivity index (χ0) is 22.4. The highest BCUT2D eigenvalue weighted by atomic mass is 19.1. The molecular formula is C24H27FN4O3. The van der Waals surface area contributed by atoms with Gasteiger partial charge in [-0.15, -0.1) is 0 Å². The maximum Gasteiger partial charge on any atom is 0.269 e. The lowest BCUT2D eigenvalue weighted by atomic mass is 10.0. The highest BCUT2D eigenvalue weighted by Gasteiger charge is 2.55. The molecule has 8 heteroatoms. The van der Waals surface area contributed by atoms with Crippen LogP contribution < -0.4 is 5.73 Å². The first-order chi connectivity index (χ1) is 15.4. The molecule has 0 spiro atoms. The van der Waals surface area contributed by atoms with Crippen LogP contribution in [0.25, 0.3) is 10.9 Å². The van der Waals surface area contributed by atoms with E-state index in [4.69, 9.17) is 5.73 Å². The van der Waals surface area contributed by atoms with Gasteiger partial charge in [-0.05, 0) is 56.1 Å². The van der Waals surface area contributed by atoms with Crippen LogP contribution in [-0.2, 0) is 16.1 Å². The van der Waals surface area contributed by atoms with Gasteiger partial charge in [-0.25, -0.2) is 4.39 Å². The van der Waals surface area contributed by atoms with Gasteiger partial charge >= 0.3 is 0 Å². The summed E-state index contributed by atoms with van der Waals surface area (Å²) in [7, 11) is 0. The first-order valence-corrected chi connectivity index (χ1v) is 11.4. The second-order valence-electron chi connectivity index (χ2n) is 9.19. The highest BCUT2D eigenvalue weighted by molar-refractivity contribution is 6.04. The van der Waals surface area contributed by atoms with Crippen molar-refractivity contribution in [3.8, 4) is 0 Å². The average molecular weight is 439 g/mol. The number of aromatic nitrogens is 2. The third-order valence-corrected chi connectivity index (χ3v) is 7.12. The Labute approximate surface area is 185 Å². The minimum Gasteiger partial charge on any atom is -0.364 e. The lowest BCUT2D eigenvalue weighted by molar-refractivity contribution is -0.139. The maximum absolute atomic E-state index is 14.4. The second-order valence-corrected chi connectivity index (χ2v) is 9.19. The van der Waals surface area contributed by atoms with E-state index in [1.54, 1.807) is 23.1 Å². The number of benzene rings is 1. The number of likely N-dealkylation sites (tertiary alicyclic amines) is 1. The van der Waals surface area contributed by atoms with Crippen LogP contribution in [0.4, 0.5) is 4.39 Å². The Kier molecular flexibility index (Phi) is 5.31. The van der Waals surface area contributed by atoms with Gasteiger partial charge in [0.05, 0.1) is 17.4 Å². The second kappa shape index (κ2) is 8.15. The van der Waals surface area contributed by atoms with Crippen molar-refractivity contribution >= 4 is 28.5 Å². The molecule has 3 aliphatic rings. The normalized spacial score (nSPS) is 24.1. The lowest BCUT2D eigenvalue weighted by Gasteiger charge is -2.27. The predicted octanol–water partition coefficient (Wildman–Crippen LogP) is 3.27. The van der Waals surface area contributed by atoms with E-state index in [1.165, 1.54) is 4.68 Å². The molecule has 0 radical (unpaired) electrons. The number of nitrogens with two attached hydrogens (primary N) is 1. The molecule has 2 saturated carbocycles. The van der Waals surface area contributed by atoms with Crippen molar-refractivity contribution in [2.75, 3.05) is 0 Å². The van der Waals surface area contributed by atoms with E-state index >= 15 is 0 Å². The number of rotatable bonds is 7. The molecule has 2 aromatic rings. The van der Waals surface area contributed by atoms with Crippen LogP contribution in [0.15, 0.2) is 35.7 Å². The number of hydrogen-bond donors (Lipinski definition) is 1. The summed E-state index contributed by atoms with van der Waals surface area (Å²) >= 11 is 0. The minimum absolute atomic E-state index is 0.0672. The van der Waals surface area contributed by atoms with E-state index in [-0.39, 0.29) is 48.6 Å². The number of piperidine rings is 1. The third kappa shape index (κ3) is 3.72. The van der Waals surface area contributed by atoms with Gasteiger partial charge in [0.15, 0.2) is 11.5 Å². The fraction of sp³-hybridized carbons (Fsp3) is 0.500. The molecule has 3 atom stereocenters. The number of primary amides is 1. The Morgan fingerprint density at radius 3 is 2.59 bits per heavy atom. The molecule has 32 heavy (non-hydrogen) atoms. The number of nitrogens with zero attached hydrogens (tertiary/aromatic N) is 3. The van der Waals surface area contributed by atoms with E-state index in [2.05, 4.69) is 5.10 Å². The lowest BCUT2D eigenvalue weighted by Crippen LogP contribution is -2.44. The van der Waals surface area contributed by atoms with Crippen LogP contribution in [0.1, 0.15) is 61.9 Å². The van der Waals surface area contributed by atoms with Crippen LogP contribution in [-0.4, -0.2) is 44.4 Å². The molecule has 2 N–H and O–H groups in total. The standard InChI is InChI=1S/C24H27FN4O3/c25-17(14-5-1-2-6-14)9-10-21(30)20-12-15-11-19(15)29(20)22(31)13-28-18-8-4-3-7-16(18)23(27-28)24(26)32/h3-4,7-8,15,19-20H,1-2,5-6,9-13H2,(H2,26,32)/t15-,19-,20+/m1/s1. The van der Waals surface area contributed by atoms with Gasteiger partial charge in [-0.3, -0.25) is 19.1 Å². The topological polar surface area (TPSA) is 98.3 Å². The smallest absolute Gasteiger partial charge is 0.269 e. The largest absolute Gasteiger partial charge is 0.364 e. The number of halogens is 1. The molecule has 2 aliphatic carbocycles. The summed E-state index contributed by atoms with van der Waals surface area (Å²) in [6, 6.07) is 6.70. The van der Waals surface area contributed by atoms with Crippen LogP contribution in [0.5, 0.6) is 0 Å². The Morgan fingerprint density at radius 2 is 1.84 bits per heavy atom. The Morgan fingerprint density at radius 1 is 1.09 bits per heavy atom. The summed E-state index contributed by atoms with van der Waals surface area (Å²) in [4.78, 5) is 39.6. The Balaban J connectivity index is 1.31. The van der Waals surface area contributed by atoms with Crippen molar-refractivity contribution < 1.29 is 18.8 Å². The van der Waals surface area contributed by atoms with Gasteiger partial charge in [-0.2, -0.15) is 5.10 Å². The highest BCUT2D eigenvalue weighted by Crippen LogP contribution is 2.48. The summed E-state index contributed by atoms with van der Waals surface area (Å²) in [6.07, 6.45) is 5.44. The van der Waals surface area contributed by atoms with Crippen LogP contribution >= 0.6 is 0 Å². The Hall–Kier alpha value is -3.03. The fourth-order valence-corrected chi connectivity index (χ4v) is 5.39. The van der Waals surface area contributed by atoms with E-state index in [0.29, 0.717) is 23.2 Å². The first-order valence-electron chi connectivity index (χ1n) is 11.4. The van der Waals surface area contributed by atoms with Crippen molar-refractivity contribution in [1.29, 1.82) is 0 Å².